The Morgan fingerprint density at radius 3 is 1.55 bits per heavy atom. The van der Waals surface area contributed by atoms with Gasteiger partial charge in [0.1, 0.15) is 29.7 Å². The molecule has 0 radical (unpaired) electrons. The molecule has 3 aromatic rings. The molecule has 5 heterocycles. The zero-order valence-corrected chi connectivity index (χ0v) is 18.7. The third-order valence-corrected chi connectivity index (χ3v) is 6.00. The van der Waals surface area contributed by atoms with E-state index in [-0.39, 0.29) is 12.2 Å². The average molecular weight is 449 g/mol. The van der Waals surface area contributed by atoms with Crippen LogP contribution in [0.4, 0.5) is 11.6 Å². The number of aromatic nitrogens is 6. The minimum absolute atomic E-state index is 0.147. The number of hydrogen-bond acceptors (Lipinski definition) is 10. The van der Waals surface area contributed by atoms with Gasteiger partial charge in [-0.2, -0.15) is 0 Å². The summed E-state index contributed by atoms with van der Waals surface area (Å²) in [7, 11) is 0. The molecule has 2 aliphatic heterocycles. The Hall–Kier alpha value is -3.56. The number of rotatable bonds is 6. The molecule has 10 heteroatoms. The lowest BCUT2D eigenvalue weighted by Gasteiger charge is -2.35. The van der Waals surface area contributed by atoms with E-state index < -0.39 is 0 Å². The van der Waals surface area contributed by atoms with Crippen molar-refractivity contribution in [2.24, 2.45) is 0 Å². The molecule has 0 N–H and O–H groups in total. The van der Waals surface area contributed by atoms with E-state index in [0.29, 0.717) is 11.8 Å². The molecule has 3 aromatic heterocycles. The Bertz CT molecular complexity index is 943. The largest absolute Gasteiger partial charge is 0.473 e. The molecule has 172 valence electrons. The number of piperidine rings is 2. The molecule has 0 saturated carbocycles. The first-order valence-electron chi connectivity index (χ1n) is 11.4. The van der Waals surface area contributed by atoms with E-state index in [0.717, 1.165) is 69.3 Å². The second kappa shape index (κ2) is 9.93. The van der Waals surface area contributed by atoms with E-state index in [1.807, 2.05) is 6.92 Å². The van der Waals surface area contributed by atoms with Gasteiger partial charge in [-0.3, -0.25) is 9.97 Å². The van der Waals surface area contributed by atoms with Crippen molar-refractivity contribution in [2.75, 3.05) is 36.0 Å². The molecule has 0 aliphatic carbocycles. The Labute approximate surface area is 193 Å². The lowest BCUT2D eigenvalue weighted by Crippen LogP contribution is -2.40. The van der Waals surface area contributed by atoms with Crippen LogP contribution in [0.15, 0.2) is 43.2 Å². The van der Waals surface area contributed by atoms with E-state index in [9.17, 15) is 0 Å². The van der Waals surface area contributed by atoms with Crippen LogP contribution in [0.2, 0.25) is 0 Å². The van der Waals surface area contributed by atoms with Gasteiger partial charge in [0, 0.05) is 82.7 Å². The molecule has 0 aromatic carbocycles. The molecule has 10 nitrogen and oxygen atoms in total. The first-order valence-corrected chi connectivity index (χ1v) is 11.4. The van der Waals surface area contributed by atoms with Gasteiger partial charge in [0.25, 0.3) is 0 Å². The fourth-order valence-electron chi connectivity index (χ4n) is 4.30. The fraction of sp³-hybridized carbons (Fsp3) is 0.478. The smallest absolute Gasteiger partial charge is 0.232 e. The molecule has 2 aliphatic rings. The minimum Gasteiger partial charge on any atom is -0.473 e. The van der Waals surface area contributed by atoms with Crippen LogP contribution in [0.5, 0.6) is 11.8 Å². The van der Waals surface area contributed by atoms with Gasteiger partial charge in [-0.25, -0.2) is 19.9 Å². The van der Waals surface area contributed by atoms with Gasteiger partial charge >= 0.3 is 0 Å². The Morgan fingerprint density at radius 2 is 1.15 bits per heavy atom. The van der Waals surface area contributed by atoms with Crippen molar-refractivity contribution in [1.82, 2.24) is 29.9 Å². The quantitative estimate of drug-likeness (QED) is 0.559. The molecule has 2 saturated heterocycles. The average Bonchev–Trinajstić information content (AvgIpc) is 2.86. The zero-order chi connectivity index (χ0) is 22.5. The summed E-state index contributed by atoms with van der Waals surface area (Å²) >= 11 is 0. The number of hydrogen-bond donors (Lipinski definition) is 0. The van der Waals surface area contributed by atoms with Gasteiger partial charge in [-0.15, -0.1) is 0 Å². The van der Waals surface area contributed by atoms with Gasteiger partial charge in [0.2, 0.25) is 11.8 Å². The molecule has 0 amide bonds. The number of aryl methyl sites for hydroxylation is 1. The summed E-state index contributed by atoms with van der Waals surface area (Å²) in [5, 5.41) is 0. The predicted octanol–water partition coefficient (Wildman–Crippen LogP) is 2.46. The van der Waals surface area contributed by atoms with Crippen molar-refractivity contribution < 1.29 is 9.47 Å². The van der Waals surface area contributed by atoms with Crippen molar-refractivity contribution in [2.45, 2.75) is 44.8 Å². The van der Waals surface area contributed by atoms with Crippen molar-refractivity contribution in [1.29, 1.82) is 0 Å². The molecular weight excluding hydrogens is 420 g/mol. The summed E-state index contributed by atoms with van der Waals surface area (Å²) in [5.74, 6) is 3.92. The summed E-state index contributed by atoms with van der Waals surface area (Å²) in [6, 6.07) is 2.11. The Kier molecular flexibility index (Phi) is 6.41. The van der Waals surface area contributed by atoms with E-state index >= 15 is 0 Å². The van der Waals surface area contributed by atoms with E-state index in [1.165, 1.54) is 0 Å². The third kappa shape index (κ3) is 5.44. The van der Waals surface area contributed by atoms with Crippen LogP contribution in [-0.2, 0) is 0 Å². The summed E-state index contributed by atoms with van der Waals surface area (Å²) in [5.41, 5.74) is 0. The van der Waals surface area contributed by atoms with Crippen LogP contribution in [0.1, 0.15) is 31.5 Å². The third-order valence-electron chi connectivity index (χ3n) is 6.00. The van der Waals surface area contributed by atoms with Crippen LogP contribution >= 0.6 is 0 Å². The maximum Gasteiger partial charge on any atom is 0.232 e. The summed E-state index contributed by atoms with van der Waals surface area (Å²) in [6.07, 6.45) is 13.9. The van der Waals surface area contributed by atoms with Gasteiger partial charge < -0.3 is 19.3 Å². The van der Waals surface area contributed by atoms with Crippen molar-refractivity contribution in [3.63, 3.8) is 0 Å². The molecule has 0 bridgehead atoms. The van der Waals surface area contributed by atoms with Crippen LogP contribution in [0, 0.1) is 6.92 Å². The predicted molar refractivity (Wildman–Crippen MR) is 123 cm³/mol. The summed E-state index contributed by atoms with van der Waals surface area (Å²) in [4.78, 5) is 30.6. The SMILES string of the molecule is Cc1nc(N2CCC(Oc3cnccn3)CC2)cc(N2CCC(Oc3cnccn3)CC2)n1. The van der Waals surface area contributed by atoms with Gasteiger partial charge in [-0.05, 0) is 6.92 Å². The Balaban J connectivity index is 1.17. The molecular formula is C23H28N8O2. The maximum absolute atomic E-state index is 5.97. The maximum atomic E-state index is 5.97. The summed E-state index contributed by atoms with van der Waals surface area (Å²) in [6.45, 7) is 5.49. The zero-order valence-electron chi connectivity index (χ0n) is 18.7. The second-order valence-corrected chi connectivity index (χ2v) is 8.33. The van der Waals surface area contributed by atoms with Crippen LogP contribution in [-0.4, -0.2) is 68.3 Å². The highest BCUT2D eigenvalue weighted by Crippen LogP contribution is 2.26. The van der Waals surface area contributed by atoms with E-state index in [1.54, 1.807) is 37.2 Å². The molecule has 0 unspecified atom stereocenters. The van der Waals surface area contributed by atoms with Crippen LogP contribution in [0.25, 0.3) is 0 Å². The van der Waals surface area contributed by atoms with E-state index in [4.69, 9.17) is 19.4 Å². The lowest BCUT2D eigenvalue weighted by atomic mass is 10.1. The number of anilines is 2. The highest BCUT2D eigenvalue weighted by molar-refractivity contribution is 5.51. The summed E-state index contributed by atoms with van der Waals surface area (Å²) < 4.78 is 11.9. The lowest BCUT2D eigenvalue weighted by molar-refractivity contribution is 0.163. The molecule has 33 heavy (non-hydrogen) atoms. The van der Waals surface area contributed by atoms with Crippen molar-refractivity contribution in [3.05, 3.63) is 49.1 Å². The topological polar surface area (TPSA) is 102 Å². The molecule has 2 fully saturated rings. The van der Waals surface area contributed by atoms with Gasteiger partial charge in [0.05, 0.1) is 12.4 Å². The van der Waals surface area contributed by atoms with Crippen molar-refractivity contribution >= 4 is 11.6 Å². The molecule has 5 rings (SSSR count). The highest BCUT2D eigenvalue weighted by Gasteiger charge is 2.25. The van der Waals surface area contributed by atoms with Gasteiger partial charge in [-0.1, -0.05) is 0 Å². The normalized spacial score (nSPS) is 17.7. The minimum atomic E-state index is 0.147. The first-order chi connectivity index (χ1) is 16.2. The van der Waals surface area contributed by atoms with E-state index in [2.05, 4.69) is 35.8 Å². The van der Waals surface area contributed by atoms with Gasteiger partial charge in [0.15, 0.2) is 0 Å². The fourth-order valence-corrected chi connectivity index (χ4v) is 4.30. The van der Waals surface area contributed by atoms with Crippen molar-refractivity contribution in [3.8, 4) is 11.8 Å². The van der Waals surface area contributed by atoms with Crippen LogP contribution in [0.3, 0.4) is 0 Å². The van der Waals surface area contributed by atoms with Crippen LogP contribution < -0.4 is 19.3 Å². The molecule has 0 atom stereocenters. The standard InChI is InChI=1S/C23H28N8O2/c1-17-28-20(30-10-2-18(3-11-30)32-22-15-24-6-8-26-22)14-21(29-17)31-12-4-19(5-13-31)33-23-16-25-7-9-27-23/h6-9,14-16,18-19H,2-5,10-13H2,1H3. The monoisotopic (exact) mass is 448 g/mol. The number of ether oxygens (including phenoxy) is 2. The second-order valence-electron chi connectivity index (χ2n) is 8.33. The molecule has 0 spiro atoms. The number of nitrogens with zero attached hydrogens (tertiary/aromatic N) is 8. The Morgan fingerprint density at radius 1 is 0.697 bits per heavy atom. The first kappa shape index (κ1) is 21.3. The highest BCUT2D eigenvalue weighted by atomic mass is 16.5.